The van der Waals surface area contributed by atoms with E-state index >= 15 is 0 Å². The third-order valence-electron chi connectivity index (χ3n) is 10.4. The number of ether oxygens (including phenoxy) is 7. The summed E-state index contributed by atoms with van der Waals surface area (Å²) in [4.78, 5) is 16.8. The smallest absolute Gasteiger partial charge is 0.187 e. The van der Waals surface area contributed by atoms with Crippen LogP contribution in [-0.2, 0) is 46.4 Å². The highest BCUT2D eigenvalue weighted by Gasteiger charge is 2.54. The molecule has 0 spiro atoms. The lowest BCUT2D eigenvalue weighted by Gasteiger charge is -2.49. The number of benzene rings is 2. The molecule has 5 rings (SSSR count). The molecule has 2 aromatic carbocycles. The number of hydrogen-bond acceptors (Lipinski definition) is 16. The molecule has 2 aromatic rings. The van der Waals surface area contributed by atoms with E-state index in [2.05, 4.69) is 60.2 Å². The van der Waals surface area contributed by atoms with Crippen LogP contribution in [0.25, 0.3) is 62.7 Å². The molecule has 0 amide bonds. The van der Waals surface area contributed by atoms with E-state index in [9.17, 15) is 37.4 Å². The maximum atomic E-state index is 12.1. The second-order valence-corrected chi connectivity index (χ2v) is 14.4. The molecule has 334 valence electrons. The molecular weight excluding hydrogens is 833 g/mol. The van der Waals surface area contributed by atoms with Crippen molar-refractivity contribution in [2.75, 3.05) is 19.7 Å². The fourth-order valence-electron chi connectivity index (χ4n) is 7.41. The quantitative estimate of drug-likeness (QED) is 0.0790. The van der Waals surface area contributed by atoms with Crippen molar-refractivity contribution < 1.29 is 48.5 Å². The Morgan fingerprint density at radius 3 is 1.75 bits per heavy atom. The van der Waals surface area contributed by atoms with Gasteiger partial charge in [-0.1, -0.05) is 91.3 Å². The molecule has 0 bridgehead atoms. The highest BCUT2D eigenvalue weighted by molar-refractivity contribution is 5.15. The number of aliphatic hydroxyl groups is 3. The van der Waals surface area contributed by atoms with Crippen molar-refractivity contribution in [3.05, 3.63) is 134 Å². The van der Waals surface area contributed by atoms with Crippen LogP contribution in [-0.4, -0.2) is 133 Å². The maximum absolute atomic E-state index is 12.1. The summed E-state index contributed by atoms with van der Waals surface area (Å²) in [6.07, 6.45) is -17.3. The second-order valence-electron chi connectivity index (χ2n) is 14.4. The molecule has 3 N–H and O–H groups in total. The van der Waals surface area contributed by atoms with Crippen molar-refractivity contribution in [3.63, 3.8) is 0 Å². The fourth-order valence-corrected chi connectivity index (χ4v) is 7.41. The van der Waals surface area contributed by atoms with Crippen LogP contribution in [0.4, 0.5) is 0 Å². The topological polar surface area (TPSA) is 418 Å². The first-order chi connectivity index (χ1) is 30.7. The van der Waals surface area contributed by atoms with Gasteiger partial charge in [-0.3, -0.25) is 0 Å². The number of rotatable bonds is 21. The van der Waals surface area contributed by atoms with E-state index < -0.39 is 104 Å². The lowest BCUT2D eigenvalue weighted by Crippen LogP contribution is -2.65. The van der Waals surface area contributed by atoms with Gasteiger partial charge in [-0.05, 0) is 57.7 Å². The van der Waals surface area contributed by atoms with Gasteiger partial charge in [0.1, 0.15) is 36.6 Å². The maximum Gasteiger partial charge on any atom is 0.187 e. The van der Waals surface area contributed by atoms with Crippen molar-refractivity contribution in [2.45, 2.75) is 124 Å². The molecule has 2 heterocycles. The molecule has 2 saturated heterocycles. The minimum absolute atomic E-state index is 0.0119. The monoisotopic (exact) mass is 876 g/mol. The standard InChI is InChI=1S/C35H44N18O10/c1-18-29(59-17-21(44-50-38)13-42-48-36)32(57-15-19-8-4-2-5-9-19)33(58-16-20-10-6-3-7-11-20)35(60-18)63-31-23(46-52-40)12-22(45-51-39)30(28(31)56)62-34-25(47-53-41)27(55)26(54)24(61-34)14-43-49-37/h2-11,18,21-35,54-56H,12-17H2,1H3/t18-,21+,22+,23-,24-,25-,26-,27-,28+,29-,30-,31+,32+,33-,34-,35-/m1/s1. The summed E-state index contributed by atoms with van der Waals surface area (Å²) in [5, 5.41) is 55.5. The molecule has 28 heteroatoms. The number of nitrogens with zero attached hydrogens (tertiary/aromatic N) is 18. The normalized spacial score (nSPS) is 33.0. The number of aliphatic hydroxyl groups excluding tert-OH is 3. The van der Waals surface area contributed by atoms with Gasteiger partial charge in [-0.15, -0.1) is 0 Å². The van der Waals surface area contributed by atoms with Crippen LogP contribution < -0.4 is 0 Å². The van der Waals surface area contributed by atoms with E-state index in [1.54, 1.807) is 6.92 Å². The highest BCUT2D eigenvalue weighted by Crippen LogP contribution is 2.37. The van der Waals surface area contributed by atoms with Crippen molar-refractivity contribution in [1.82, 2.24) is 0 Å². The Morgan fingerprint density at radius 1 is 0.619 bits per heavy atom. The first-order valence-electron chi connectivity index (χ1n) is 19.4. The Labute approximate surface area is 357 Å². The molecule has 16 atom stereocenters. The SMILES string of the molecule is C[C@H]1O[C@H](O[C@@H]2[C@@H](O)[C@H](O[C@H]3O[C@H](CN=[N+]=[N-])[C@@H](O)[C@H](O)[C@H]3N=[N+]=[N-])[C@@H](N=[N+]=[N-])C[C@H]2N=[N+]=[N-])[C@H](OCc2ccccc2)[C@@H](OCc2ccccc2)[C@@H]1OC[C@H](CN=[N+]=[N-])N=[N+]=[N-]. The average Bonchev–Trinajstić information content (AvgIpc) is 3.29. The minimum Gasteiger partial charge on any atom is -0.390 e. The summed E-state index contributed by atoms with van der Waals surface area (Å²) >= 11 is 0. The molecule has 1 saturated carbocycles. The molecule has 0 radical (unpaired) electrons. The Bertz CT molecular complexity index is 2080. The molecule has 0 aromatic heterocycles. The van der Waals surface area contributed by atoms with Crippen molar-refractivity contribution >= 4 is 0 Å². The van der Waals surface area contributed by atoms with Crippen LogP contribution in [0.3, 0.4) is 0 Å². The summed E-state index contributed by atoms with van der Waals surface area (Å²) in [7, 11) is 0. The van der Waals surface area contributed by atoms with Crippen molar-refractivity contribution in [1.29, 1.82) is 0 Å². The summed E-state index contributed by atoms with van der Waals surface area (Å²) in [5.74, 6) is 0. The third kappa shape index (κ3) is 12.7. The summed E-state index contributed by atoms with van der Waals surface area (Å²) in [5.41, 5.74) is 57.0. The second kappa shape index (κ2) is 24.5. The molecule has 63 heavy (non-hydrogen) atoms. The Morgan fingerprint density at radius 2 is 1.19 bits per heavy atom. The van der Waals surface area contributed by atoms with Gasteiger partial charge in [0, 0.05) is 36.0 Å². The first-order valence-corrected chi connectivity index (χ1v) is 19.4. The van der Waals surface area contributed by atoms with E-state index in [0.29, 0.717) is 0 Å². The summed E-state index contributed by atoms with van der Waals surface area (Å²) < 4.78 is 44.3. The summed E-state index contributed by atoms with van der Waals surface area (Å²) in [6, 6.07) is 13.2. The van der Waals surface area contributed by atoms with E-state index in [4.69, 9.17) is 44.2 Å². The van der Waals surface area contributed by atoms with E-state index in [1.165, 1.54) is 0 Å². The van der Waals surface area contributed by atoms with Crippen molar-refractivity contribution in [2.24, 2.45) is 30.7 Å². The molecule has 2 aliphatic heterocycles. The zero-order valence-electron chi connectivity index (χ0n) is 33.5. The number of azide groups is 6. The van der Waals surface area contributed by atoms with Crippen LogP contribution in [0.1, 0.15) is 24.5 Å². The van der Waals surface area contributed by atoms with Gasteiger partial charge in [-0.25, -0.2) is 0 Å². The molecule has 3 fully saturated rings. The predicted octanol–water partition coefficient (Wildman–Crippen LogP) is 5.61. The van der Waals surface area contributed by atoms with Crippen LogP contribution in [0.5, 0.6) is 0 Å². The number of hydrogen-bond donors (Lipinski definition) is 3. The third-order valence-corrected chi connectivity index (χ3v) is 10.4. The Hall–Kier alpha value is -6.10. The lowest BCUT2D eigenvalue weighted by atomic mass is 9.84. The lowest BCUT2D eigenvalue weighted by molar-refractivity contribution is -0.342. The van der Waals surface area contributed by atoms with E-state index in [0.717, 1.165) is 11.1 Å². The van der Waals surface area contributed by atoms with Gasteiger partial charge in [0.25, 0.3) is 0 Å². The van der Waals surface area contributed by atoms with Gasteiger partial charge in [0.05, 0.1) is 75.0 Å². The van der Waals surface area contributed by atoms with Gasteiger partial charge < -0.3 is 48.5 Å². The van der Waals surface area contributed by atoms with Crippen molar-refractivity contribution in [3.8, 4) is 0 Å². The summed E-state index contributed by atoms with van der Waals surface area (Å²) in [6.45, 7) is 0.774. The first kappa shape index (κ1) is 47.9. The molecule has 3 aliphatic rings. The predicted molar refractivity (Wildman–Crippen MR) is 215 cm³/mol. The van der Waals surface area contributed by atoms with Gasteiger partial charge in [0.15, 0.2) is 12.6 Å². The van der Waals surface area contributed by atoms with Gasteiger partial charge >= 0.3 is 0 Å². The van der Waals surface area contributed by atoms with Crippen LogP contribution in [0.2, 0.25) is 0 Å². The van der Waals surface area contributed by atoms with E-state index in [1.807, 2.05) is 60.7 Å². The fraction of sp³-hybridized carbons (Fsp3) is 0.657. The Balaban J connectivity index is 1.52. The molecule has 28 nitrogen and oxygen atoms in total. The highest BCUT2D eigenvalue weighted by atomic mass is 16.7. The zero-order valence-corrected chi connectivity index (χ0v) is 33.5. The molecule has 1 aliphatic carbocycles. The van der Waals surface area contributed by atoms with Crippen LogP contribution in [0, 0.1) is 0 Å². The largest absolute Gasteiger partial charge is 0.390 e. The molecule has 0 unspecified atom stereocenters. The minimum atomic E-state index is -1.85. The van der Waals surface area contributed by atoms with Crippen LogP contribution >= 0.6 is 0 Å². The van der Waals surface area contributed by atoms with Gasteiger partial charge in [-0.2, -0.15) is 0 Å². The Kier molecular flexibility index (Phi) is 18.7. The van der Waals surface area contributed by atoms with Gasteiger partial charge in [0.2, 0.25) is 0 Å². The molecular formula is C35H44N18O10. The van der Waals surface area contributed by atoms with Crippen LogP contribution in [0.15, 0.2) is 91.3 Å². The average molecular weight is 877 g/mol. The van der Waals surface area contributed by atoms with E-state index in [-0.39, 0.29) is 32.8 Å². The zero-order chi connectivity index (χ0) is 45.1.